The molecule has 1 aromatic heterocycles. The SMILES string of the molecule is CNc1nc(C2CCC(C(C)(C)C)CC2)ncc1Br. The molecule has 19 heavy (non-hydrogen) atoms. The van der Waals surface area contributed by atoms with Crippen molar-refractivity contribution in [2.45, 2.75) is 52.4 Å². The van der Waals surface area contributed by atoms with Crippen LogP contribution in [-0.2, 0) is 0 Å². The molecule has 4 heteroatoms. The summed E-state index contributed by atoms with van der Waals surface area (Å²) in [6.45, 7) is 7.06. The van der Waals surface area contributed by atoms with Gasteiger partial charge in [-0.3, -0.25) is 0 Å². The molecule has 1 saturated carbocycles. The summed E-state index contributed by atoms with van der Waals surface area (Å²) in [5, 5.41) is 3.11. The molecule has 106 valence electrons. The summed E-state index contributed by atoms with van der Waals surface area (Å²) in [6, 6.07) is 0. The number of hydrogen-bond acceptors (Lipinski definition) is 3. The van der Waals surface area contributed by atoms with Gasteiger partial charge in [0.2, 0.25) is 0 Å². The molecule has 0 aliphatic heterocycles. The molecule has 2 rings (SSSR count). The highest BCUT2D eigenvalue weighted by Crippen LogP contribution is 2.42. The third-order valence-electron chi connectivity index (χ3n) is 4.32. The maximum atomic E-state index is 4.63. The largest absolute Gasteiger partial charge is 0.372 e. The van der Waals surface area contributed by atoms with Crippen LogP contribution in [0.2, 0.25) is 0 Å². The van der Waals surface area contributed by atoms with Gasteiger partial charge in [-0.05, 0) is 52.9 Å². The van der Waals surface area contributed by atoms with E-state index < -0.39 is 0 Å². The van der Waals surface area contributed by atoms with Gasteiger partial charge in [-0.2, -0.15) is 0 Å². The summed E-state index contributed by atoms with van der Waals surface area (Å²) in [5.41, 5.74) is 0.432. The number of aromatic nitrogens is 2. The highest BCUT2D eigenvalue weighted by Gasteiger charge is 2.31. The molecule has 0 saturated heterocycles. The van der Waals surface area contributed by atoms with Crippen molar-refractivity contribution >= 4 is 21.7 Å². The van der Waals surface area contributed by atoms with Gasteiger partial charge in [0.1, 0.15) is 11.6 Å². The summed E-state index contributed by atoms with van der Waals surface area (Å²) < 4.78 is 0.933. The molecule has 0 bridgehead atoms. The lowest BCUT2D eigenvalue weighted by molar-refractivity contribution is 0.167. The van der Waals surface area contributed by atoms with E-state index in [2.05, 4.69) is 52.0 Å². The average Bonchev–Trinajstić information content (AvgIpc) is 2.38. The van der Waals surface area contributed by atoms with Crippen LogP contribution in [0.4, 0.5) is 5.82 Å². The van der Waals surface area contributed by atoms with Crippen LogP contribution in [0.1, 0.15) is 58.2 Å². The molecular weight excluding hydrogens is 302 g/mol. The van der Waals surface area contributed by atoms with Gasteiger partial charge in [-0.25, -0.2) is 9.97 Å². The van der Waals surface area contributed by atoms with E-state index in [9.17, 15) is 0 Å². The maximum absolute atomic E-state index is 4.63. The molecule has 0 unspecified atom stereocenters. The molecule has 1 N–H and O–H groups in total. The first-order chi connectivity index (χ1) is 8.91. The maximum Gasteiger partial charge on any atom is 0.143 e. The molecule has 1 aliphatic carbocycles. The molecular formula is C15H24BrN3. The van der Waals surface area contributed by atoms with Crippen LogP contribution < -0.4 is 5.32 Å². The summed E-state index contributed by atoms with van der Waals surface area (Å²) in [4.78, 5) is 9.13. The molecule has 0 spiro atoms. The van der Waals surface area contributed by atoms with Crippen LogP contribution in [-0.4, -0.2) is 17.0 Å². The van der Waals surface area contributed by atoms with Crippen LogP contribution in [0.3, 0.4) is 0 Å². The van der Waals surface area contributed by atoms with E-state index in [1.54, 1.807) is 0 Å². The van der Waals surface area contributed by atoms with Gasteiger partial charge in [0.15, 0.2) is 0 Å². The highest BCUT2D eigenvalue weighted by molar-refractivity contribution is 9.10. The monoisotopic (exact) mass is 325 g/mol. The van der Waals surface area contributed by atoms with E-state index in [4.69, 9.17) is 0 Å². The van der Waals surface area contributed by atoms with E-state index in [-0.39, 0.29) is 0 Å². The Morgan fingerprint density at radius 1 is 1.21 bits per heavy atom. The Labute approximate surface area is 124 Å². The first kappa shape index (κ1) is 14.8. The zero-order chi connectivity index (χ0) is 14.0. The van der Waals surface area contributed by atoms with Gasteiger partial charge in [0.25, 0.3) is 0 Å². The van der Waals surface area contributed by atoms with Crippen molar-refractivity contribution < 1.29 is 0 Å². The fraction of sp³-hybridized carbons (Fsp3) is 0.733. The molecule has 1 fully saturated rings. The summed E-state index contributed by atoms with van der Waals surface area (Å²) in [6.07, 6.45) is 6.88. The second kappa shape index (κ2) is 5.78. The third-order valence-corrected chi connectivity index (χ3v) is 4.90. The average molecular weight is 326 g/mol. The lowest BCUT2D eigenvalue weighted by Gasteiger charge is -2.36. The van der Waals surface area contributed by atoms with Gasteiger partial charge >= 0.3 is 0 Å². The van der Waals surface area contributed by atoms with E-state index in [1.165, 1.54) is 25.7 Å². The van der Waals surface area contributed by atoms with Gasteiger partial charge < -0.3 is 5.32 Å². The van der Waals surface area contributed by atoms with Gasteiger partial charge in [0, 0.05) is 19.2 Å². The van der Waals surface area contributed by atoms with E-state index in [0.717, 1.165) is 22.0 Å². The predicted octanol–water partition coefficient (Wildman–Crippen LogP) is 4.60. The highest BCUT2D eigenvalue weighted by atomic mass is 79.9. The first-order valence-corrected chi connectivity index (χ1v) is 7.91. The van der Waals surface area contributed by atoms with E-state index in [0.29, 0.717) is 11.3 Å². The smallest absolute Gasteiger partial charge is 0.143 e. The van der Waals surface area contributed by atoms with Crippen LogP contribution in [0.5, 0.6) is 0 Å². The van der Waals surface area contributed by atoms with Crippen molar-refractivity contribution in [3.8, 4) is 0 Å². The number of rotatable bonds is 2. The quantitative estimate of drug-likeness (QED) is 0.863. The van der Waals surface area contributed by atoms with Crippen LogP contribution in [0, 0.1) is 11.3 Å². The number of hydrogen-bond donors (Lipinski definition) is 1. The van der Waals surface area contributed by atoms with E-state index in [1.807, 2.05) is 13.2 Å². The first-order valence-electron chi connectivity index (χ1n) is 7.12. The fourth-order valence-electron chi connectivity index (χ4n) is 2.97. The Kier molecular flexibility index (Phi) is 4.49. The van der Waals surface area contributed by atoms with Gasteiger partial charge in [0.05, 0.1) is 4.47 Å². The number of nitrogens with one attached hydrogen (secondary N) is 1. The molecule has 1 aliphatic rings. The molecule has 1 heterocycles. The molecule has 0 radical (unpaired) electrons. The summed E-state index contributed by atoms with van der Waals surface area (Å²) >= 11 is 3.46. The van der Waals surface area contributed by atoms with Crippen molar-refractivity contribution in [3.63, 3.8) is 0 Å². The number of halogens is 1. The Balaban J connectivity index is 2.05. The third kappa shape index (κ3) is 3.47. The number of nitrogens with zero attached hydrogens (tertiary/aromatic N) is 2. The van der Waals surface area contributed by atoms with Crippen LogP contribution in [0.25, 0.3) is 0 Å². The van der Waals surface area contributed by atoms with Gasteiger partial charge in [-0.15, -0.1) is 0 Å². The van der Waals surface area contributed by atoms with Crippen molar-refractivity contribution in [2.75, 3.05) is 12.4 Å². The Morgan fingerprint density at radius 3 is 2.37 bits per heavy atom. The van der Waals surface area contributed by atoms with Crippen LogP contribution in [0.15, 0.2) is 10.7 Å². The minimum absolute atomic E-state index is 0.432. The molecule has 1 aromatic rings. The molecule has 0 atom stereocenters. The van der Waals surface area contributed by atoms with Gasteiger partial charge in [-0.1, -0.05) is 20.8 Å². The second-order valence-corrected chi connectivity index (χ2v) is 7.44. The second-order valence-electron chi connectivity index (χ2n) is 6.59. The van der Waals surface area contributed by atoms with Crippen molar-refractivity contribution in [1.82, 2.24) is 9.97 Å². The van der Waals surface area contributed by atoms with Crippen molar-refractivity contribution in [1.29, 1.82) is 0 Å². The standard InChI is InChI=1S/C15H24BrN3/c1-15(2,3)11-7-5-10(6-8-11)13-18-9-12(16)14(17-4)19-13/h9-11H,5-8H2,1-4H3,(H,17,18,19). The lowest BCUT2D eigenvalue weighted by atomic mass is 9.70. The number of anilines is 1. The minimum Gasteiger partial charge on any atom is -0.372 e. The van der Waals surface area contributed by atoms with E-state index >= 15 is 0 Å². The van der Waals surface area contributed by atoms with Crippen molar-refractivity contribution in [3.05, 3.63) is 16.5 Å². The summed E-state index contributed by atoms with van der Waals surface area (Å²) in [5.74, 6) is 3.25. The Morgan fingerprint density at radius 2 is 1.84 bits per heavy atom. The Hall–Kier alpha value is -0.640. The molecule has 0 aromatic carbocycles. The van der Waals surface area contributed by atoms with Crippen molar-refractivity contribution in [2.24, 2.45) is 11.3 Å². The topological polar surface area (TPSA) is 37.8 Å². The normalized spacial score (nSPS) is 24.3. The fourth-order valence-corrected chi connectivity index (χ4v) is 3.36. The molecule has 3 nitrogen and oxygen atoms in total. The zero-order valence-corrected chi connectivity index (χ0v) is 13.9. The predicted molar refractivity (Wildman–Crippen MR) is 83.4 cm³/mol. The molecule has 0 amide bonds. The zero-order valence-electron chi connectivity index (χ0n) is 12.3. The summed E-state index contributed by atoms with van der Waals surface area (Å²) in [7, 11) is 1.90. The minimum atomic E-state index is 0.432. The van der Waals surface area contributed by atoms with Crippen LogP contribution >= 0.6 is 15.9 Å². The lowest BCUT2D eigenvalue weighted by Crippen LogP contribution is -2.25. The Bertz CT molecular complexity index is 432.